The molecule has 0 saturated carbocycles. The Morgan fingerprint density at radius 2 is 1.64 bits per heavy atom. The van der Waals surface area contributed by atoms with Gasteiger partial charge in [-0.15, -0.1) is 0 Å². The van der Waals surface area contributed by atoms with Crippen molar-refractivity contribution in [3.63, 3.8) is 0 Å². The lowest BCUT2D eigenvalue weighted by Gasteiger charge is -2.22. The van der Waals surface area contributed by atoms with E-state index in [-0.39, 0.29) is 19.6 Å². The smallest absolute Gasteiger partial charge is 0.407 e. The van der Waals surface area contributed by atoms with Gasteiger partial charge < -0.3 is 10.1 Å². The van der Waals surface area contributed by atoms with Gasteiger partial charge in [0.25, 0.3) is 11.8 Å². The second-order valence-corrected chi connectivity index (χ2v) is 6.37. The summed E-state index contributed by atoms with van der Waals surface area (Å²) in [6, 6.07) is 17.2. The number of carbonyl (C=O) groups is 3. The Hall–Kier alpha value is -3.66. The van der Waals surface area contributed by atoms with Crippen LogP contribution in [0.2, 0.25) is 0 Å². The van der Waals surface area contributed by atoms with Crippen molar-refractivity contribution < 1.29 is 19.1 Å². The largest absolute Gasteiger partial charge is 0.445 e. The van der Waals surface area contributed by atoms with Crippen LogP contribution in [0.15, 0.2) is 54.6 Å². The Kier molecular flexibility index (Phi) is 6.02. The summed E-state index contributed by atoms with van der Waals surface area (Å²) in [7, 11) is 0. The highest BCUT2D eigenvalue weighted by Gasteiger charge is 2.36. The molecule has 2 aromatic carbocycles. The van der Waals surface area contributed by atoms with Gasteiger partial charge in [0, 0.05) is 13.0 Å². The SMILES string of the molecule is N#CCCC(CN1C(=O)c2ccccc2C1=O)NC(=O)OCc1ccccc1. The van der Waals surface area contributed by atoms with Crippen LogP contribution in [0.3, 0.4) is 0 Å². The normalized spacial score (nSPS) is 13.6. The van der Waals surface area contributed by atoms with Crippen molar-refractivity contribution in [3.05, 3.63) is 71.3 Å². The maximum atomic E-state index is 12.5. The minimum Gasteiger partial charge on any atom is -0.445 e. The second kappa shape index (κ2) is 8.82. The molecule has 2 aromatic rings. The van der Waals surface area contributed by atoms with Crippen molar-refractivity contribution in [2.45, 2.75) is 25.5 Å². The number of alkyl carbamates (subject to hydrolysis) is 1. The number of hydrogen-bond acceptors (Lipinski definition) is 5. The average Bonchev–Trinajstić information content (AvgIpc) is 2.96. The molecule has 0 aliphatic carbocycles. The lowest BCUT2D eigenvalue weighted by atomic mass is 10.1. The highest BCUT2D eigenvalue weighted by atomic mass is 16.5. The average molecular weight is 377 g/mol. The predicted octanol–water partition coefficient (Wildman–Crippen LogP) is 2.88. The molecule has 0 bridgehead atoms. The summed E-state index contributed by atoms with van der Waals surface area (Å²) in [4.78, 5) is 38.3. The van der Waals surface area contributed by atoms with Crippen LogP contribution in [0, 0.1) is 11.3 Å². The molecule has 0 aromatic heterocycles. The van der Waals surface area contributed by atoms with E-state index in [2.05, 4.69) is 5.32 Å². The molecule has 0 saturated heterocycles. The van der Waals surface area contributed by atoms with E-state index in [9.17, 15) is 14.4 Å². The molecule has 1 aliphatic heterocycles. The van der Waals surface area contributed by atoms with Crippen LogP contribution in [0.4, 0.5) is 4.79 Å². The maximum Gasteiger partial charge on any atom is 0.407 e. The molecule has 7 nitrogen and oxygen atoms in total. The van der Waals surface area contributed by atoms with E-state index in [1.54, 1.807) is 24.3 Å². The molecule has 1 heterocycles. The number of imide groups is 1. The lowest BCUT2D eigenvalue weighted by Crippen LogP contribution is -2.45. The number of nitrogens with one attached hydrogen (secondary N) is 1. The number of ether oxygens (including phenoxy) is 1. The van der Waals surface area contributed by atoms with Gasteiger partial charge in [0.1, 0.15) is 6.61 Å². The van der Waals surface area contributed by atoms with Crippen molar-refractivity contribution in [3.8, 4) is 6.07 Å². The molecule has 7 heteroatoms. The standard InChI is InChI=1S/C21H19N3O4/c22-12-6-9-16(23-21(27)28-14-15-7-2-1-3-8-15)13-24-19(25)17-10-4-5-11-18(17)20(24)26/h1-5,7-8,10-11,16H,6,9,13-14H2,(H,23,27). The van der Waals surface area contributed by atoms with E-state index in [4.69, 9.17) is 10.00 Å². The molecular formula is C21H19N3O4. The molecule has 0 fully saturated rings. The number of nitriles is 1. The monoisotopic (exact) mass is 377 g/mol. The highest BCUT2D eigenvalue weighted by molar-refractivity contribution is 6.21. The van der Waals surface area contributed by atoms with Crippen LogP contribution >= 0.6 is 0 Å². The van der Waals surface area contributed by atoms with E-state index in [1.807, 2.05) is 36.4 Å². The zero-order valence-electron chi connectivity index (χ0n) is 15.1. The van der Waals surface area contributed by atoms with Crippen LogP contribution in [0.1, 0.15) is 39.1 Å². The first-order chi connectivity index (χ1) is 13.6. The summed E-state index contributed by atoms with van der Waals surface area (Å²) >= 11 is 0. The van der Waals surface area contributed by atoms with Crippen LogP contribution in [0.25, 0.3) is 0 Å². The van der Waals surface area contributed by atoms with Crippen molar-refractivity contribution in [2.75, 3.05) is 6.54 Å². The quantitative estimate of drug-likeness (QED) is 0.748. The molecule has 3 rings (SSSR count). The summed E-state index contributed by atoms with van der Waals surface area (Å²) in [5, 5.41) is 11.5. The van der Waals surface area contributed by atoms with Gasteiger partial charge in [-0.05, 0) is 24.1 Å². The van der Waals surface area contributed by atoms with Gasteiger partial charge in [-0.3, -0.25) is 14.5 Å². The third-order valence-corrected chi connectivity index (χ3v) is 4.42. The molecular weight excluding hydrogens is 358 g/mol. The van der Waals surface area contributed by atoms with Crippen LogP contribution < -0.4 is 5.32 Å². The topological polar surface area (TPSA) is 99.5 Å². The number of amides is 3. The van der Waals surface area contributed by atoms with Crippen LogP contribution in [-0.4, -0.2) is 35.4 Å². The number of nitrogens with zero attached hydrogens (tertiary/aromatic N) is 2. The van der Waals surface area contributed by atoms with E-state index < -0.39 is 23.9 Å². The Morgan fingerprint density at radius 3 is 2.25 bits per heavy atom. The van der Waals surface area contributed by atoms with Gasteiger partial charge in [-0.1, -0.05) is 42.5 Å². The van der Waals surface area contributed by atoms with E-state index in [1.165, 1.54) is 0 Å². The number of carbonyl (C=O) groups excluding carboxylic acids is 3. The fraction of sp³-hybridized carbons (Fsp3) is 0.238. The number of hydrogen-bond donors (Lipinski definition) is 1. The minimum absolute atomic E-state index is 0.0194. The molecule has 1 atom stereocenters. The fourth-order valence-corrected chi connectivity index (χ4v) is 3.00. The van der Waals surface area contributed by atoms with E-state index in [0.717, 1.165) is 10.5 Å². The molecule has 28 heavy (non-hydrogen) atoms. The predicted molar refractivity (Wildman–Crippen MR) is 100 cm³/mol. The molecule has 0 spiro atoms. The summed E-state index contributed by atoms with van der Waals surface area (Å²) < 4.78 is 5.20. The molecule has 0 radical (unpaired) electrons. The van der Waals surface area contributed by atoms with Gasteiger partial charge in [-0.25, -0.2) is 4.79 Å². The number of rotatable bonds is 7. The van der Waals surface area contributed by atoms with Crippen LogP contribution in [0.5, 0.6) is 0 Å². The zero-order valence-corrected chi connectivity index (χ0v) is 15.1. The summed E-state index contributed by atoms with van der Waals surface area (Å²) in [5.41, 5.74) is 1.53. The summed E-state index contributed by atoms with van der Waals surface area (Å²) in [5.74, 6) is -0.802. The molecule has 1 unspecified atom stereocenters. The van der Waals surface area contributed by atoms with Gasteiger partial charge >= 0.3 is 6.09 Å². The fourth-order valence-electron chi connectivity index (χ4n) is 3.00. The van der Waals surface area contributed by atoms with Crippen molar-refractivity contribution >= 4 is 17.9 Å². The summed E-state index contributed by atoms with van der Waals surface area (Å²) in [6.45, 7) is 0.0825. The second-order valence-electron chi connectivity index (χ2n) is 6.37. The van der Waals surface area contributed by atoms with Gasteiger partial charge in [-0.2, -0.15) is 5.26 Å². The van der Waals surface area contributed by atoms with E-state index >= 15 is 0 Å². The first-order valence-electron chi connectivity index (χ1n) is 8.89. The first kappa shape index (κ1) is 19.1. The van der Waals surface area contributed by atoms with E-state index in [0.29, 0.717) is 17.5 Å². The molecule has 142 valence electrons. The Morgan fingerprint density at radius 1 is 1.04 bits per heavy atom. The Balaban J connectivity index is 1.62. The van der Waals surface area contributed by atoms with Crippen molar-refractivity contribution in [1.29, 1.82) is 5.26 Å². The van der Waals surface area contributed by atoms with Gasteiger partial charge in [0.15, 0.2) is 0 Å². The molecule has 3 amide bonds. The Labute approximate surface area is 162 Å². The number of fused-ring (bicyclic) bond motifs is 1. The highest BCUT2D eigenvalue weighted by Crippen LogP contribution is 2.23. The summed E-state index contributed by atoms with van der Waals surface area (Å²) in [6.07, 6.45) is -0.194. The number of benzene rings is 2. The molecule has 1 aliphatic rings. The van der Waals surface area contributed by atoms with Crippen molar-refractivity contribution in [1.82, 2.24) is 10.2 Å². The van der Waals surface area contributed by atoms with Crippen molar-refractivity contribution in [2.24, 2.45) is 0 Å². The molecule has 1 N–H and O–H groups in total. The zero-order chi connectivity index (χ0) is 19.9. The minimum atomic E-state index is -0.664. The Bertz CT molecular complexity index is 886. The lowest BCUT2D eigenvalue weighted by molar-refractivity contribution is 0.0630. The van der Waals surface area contributed by atoms with Gasteiger partial charge in [0.2, 0.25) is 0 Å². The first-order valence-corrected chi connectivity index (χ1v) is 8.89. The van der Waals surface area contributed by atoms with Gasteiger partial charge in [0.05, 0.1) is 23.2 Å². The maximum absolute atomic E-state index is 12.5. The van der Waals surface area contributed by atoms with Crippen LogP contribution in [-0.2, 0) is 11.3 Å². The third-order valence-electron chi connectivity index (χ3n) is 4.42. The third kappa shape index (κ3) is 4.35.